The highest BCUT2D eigenvalue weighted by Crippen LogP contribution is 2.24. The molecule has 3 heteroatoms. The third-order valence-corrected chi connectivity index (χ3v) is 3.68. The first-order chi connectivity index (χ1) is 13.0. The van der Waals surface area contributed by atoms with Gasteiger partial charge in [0.05, 0.1) is 0 Å². The molecular weight excluding hydrogens is 334 g/mol. The van der Waals surface area contributed by atoms with Gasteiger partial charge in [-0.05, 0) is 29.9 Å². The number of carbonyl (C=O) groups is 1. The molecule has 0 atom stereocenters. The van der Waals surface area contributed by atoms with Gasteiger partial charge in [-0.15, -0.1) is 0 Å². The Morgan fingerprint density at radius 1 is 0.963 bits per heavy atom. The molecule has 3 nitrogen and oxygen atoms in total. The molecule has 27 heavy (non-hydrogen) atoms. The van der Waals surface area contributed by atoms with Crippen LogP contribution in [0.4, 0.5) is 4.79 Å². The quantitative estimate of drug-likeness (QED) is 0.673. The van der Waals surface area contributed by atoms with Gasteiger partial charge in [-0.1, -0.05) is 93.3 Å². The number of amides is 1. The first-order valence-corrected chi connectivity index (χ1v) is 8.79. The Kier molecular flexibility index (Phi) is 7.38. The molecule has 0 aromatic rings. The van der Waals surface area contributed by atoms with Crippen LogP contribution in [0.15, 0.2) is 121 Å². The smallest absolute Gasteiger partial charge is 0.410 e. The molecule has 0 unspecified atom stereocenters. The molecule has 1 amide bonds. The van der Waals surface area contributed by atoms with Crippen molar-refractivity contribution < 1.29 is 9.53 Å². The molecular formula is C24H25NO2. The highest BCUT2D eigenvalue weighted by atomic mass is 16.6. The third kappa shape index (κ3) is 7.61. The zero-order valence-corrected chi connectivity index (χ0v) is 15.8. The summed E-state index contributed by atoms with van der Waals surface area (Å²) in [5.74, 6) is 0.513. The van der Waals surface area contributed by atoms with E-state index in [-0.39, 0.29) is 5.41 Å². The zero-order valence-electron chi connectivity index (χ0n) is 15.8. The molecule has 0 radical (unpaired) electrons. The molecule has 0 aromatic carbocycles. The molecule has 0 aliphatic heterocycles. The normalized spacial score (nSPS) is 18.4. The summed E-state index contributed by atoms with van der Waals surface area (Å²) in [7, 11) is 0. The summed E-state index contributed by atoms with van der Waals surface area (Å²) < 4.78 is 5.45. The van der Waals surface area contributed by atoms with Crippen molar-refractivity contribution in [3.63, 3.8) is 0 Å². The first-order valence-electron chi connectivity index (χ1n) is 8.79. The maximum Gasteiger partial charge on any atom is 0.417 e. The lowest BCUT2D eigenvalue weighted by atomic mass is 9.93. The molecule has 0 spiro atoms. The standard InChI is InChI=1S/C24H25NO2/c1-4-20-13-7-5-6-8-15-21(16-10-9-14-20)25-23(26)27-22-17-11-12-18-24(2,3)19-22/h4-19H,1H2,2-3H3,(H,25,26). The lowest BCUT2D eigenvalue weighted by molar-refractivity contribution is 0.181. The number of rotatable bonds is 3. The molecule has 0 aromatic heterocycles. The van der Waals surface area contributed by atoms with Gasteiger partial charge in [-0.3, -0.25) is 5.32 Å². The minimum Gasteiger partial charge on any atom is -0.410 e. The van der Waals surface area contributed by atoms with Gasteiger partial charge >= 0.3 is 6.09 Å². The van der Waals surface area contributed by atoms with Crippen LogP contribution in [0.2, 0.25) is 0 Å². The van der Waals surface area contributed by atoms with Gasteiger partial charge in [-0.25, -0.2) is 4.79 Å². The number of ether oxygens (including phenoxy) is 1. The fourth-order valence-corrected chi connectivity index (χ4v) is 2.34. The maximum atomic E-state index is 12.3. The average molecular weight is 359 g/mol. The minimum atomic E-state index is -0.536. The Morgan fingerprint density at radius 2 is 1.67 bits per heavy atom. The van der Waals surface area contributed by atoms with Gasteiger partial charge in [0.2, 0.25) is 0 Å². The third-order valence-electron chi connectivity index (χ3n) is 3.68. The average Bonchev–Trinajstić information content (AvgIpc) is 2.77. The molecule has 0 saturated carbocycles. The predicted octanol–water partition coefficient (Wildman–Crippen LogP) is 5.98. The van der Waals surface area contributed by atoms with Crippen LogP contribution in [-0.2, 0) is 4.74 Å². The highest BCUT2D eigenvalue weighted by molar-refractivity contribution is 5.72. The van der Waals surface area contributed by atoms with Gasteiger partial charge in [0.25, 0.3) is 0 Å². The number of nitrogens with one attached hydrogen (secondary N) is 1. The van der Waals surface area contributed by atoms with Crippen LogP contribution in [0.3, 0.4) is 0 Å². The fraction of sp³-hybridized carbons (Fsp3) is 0.125. The molecule has 2 aliphatic rings. The van der Waals surface area contributed by atoms with E-state index in [0.717, 1.165) is 5.57 Å². The summed E-state index contributed by atoms with van der Waals surface area (Å²) in [6.45, 7) is 7.88. The Balaban J connectivity index is 2.10. The largest absolute Gasteiger partial charge is 0.417 e. The summed E-state index contributed by atoms with van der Waals surface area (Å²) in [5, 5.41) is 2.77. The Morgan fingerprint density at radius 3 is 2.44 bits per heavy atom. The molecule has 0 bridgehead atoms. The topological polar surface area (TPSA) is 38.3 Å². The van der Waals surface area contributed by atoms with Crippen LogP contribution in [0.25, 0.3) is 0 Å². The molecule has 1 N–H and O–H groups in total. The van der Waals surface area contributed by atoms with E-state index in [1.54, 1.807) is 24.3 Å². The molecule has 138 valence electrons. The van der Waals surface area contributed by atoms with Crippen LogP contribution in [0, 0.1) is 5.41 Å². The van der Waals surface area contributed by atoms with Crippen molar-refractivity contribution in [1.29, 1.82) is 0 Å². The second-order valence-corrected chi connectivity index (χ2v) is 6.58. The molecule has 2 rings (SSSR count). The second kappa shape index (κ2) is 9.97. The van der Waals surface area contributed by atoms with Gasteiger partial charge < -0.3 is 4.74 Å². The molecule has 0 heterocycles. The summed E-state index contributed by atoms with van der Waals surface area (Å²) in [5.41, 5.74) is 1.43. The van der Waals surface area contributed by atoms with Crippen LogP contribution in [0.1, 0.15) is 13.8 Å². The number of hydrogen-bond acceptors (Lipinski definition) is 2. The SMILES string of the molecule is C=CC1=CC=CC=C(NC(=O)OC2=CC(C)(C)C=CC=C2)C=CC=CC=C1. The molecule has 0 fully saturated rings. The van der Waals surface area contributed by atoms with Crippen LogP contribution < -0.4 is 5.32 Å². The highest BCUT2D eigenvalue weighted by Gasteiger charge is 2.15. The van der Waals surface area contributed by atoms with E-state index in [4.69, 9.17) is 4.74 Å². The van der Waals surface area contributed by atoms with Crippen molar-refractivity contribution in [2.45, 2.75) is 13.8 Å². The van der Waals surface area contributed by atoms with Crippen LogP contribution in [-0.4, -0.2) is 6.09 Å². The van der Waals surface area contributed by atoms with Crippen molar-refractivity contribution in [1.82, 2.24) is 5.32 Å². The van der Waals surface area contributed by atoms with Gasteiger partial charge in [0, 0.05) is 11.1 Å². The summed E-state index contributed by atoms with van der Waals surface area (Å²) >= 11 is 0. The summed E-state index contributed by atoms with van der Waals surface area (Å²) in [6, 6.07) is 0. The van der Waals surface area contributed by atoms with Crippen molar-refractivity contribution in [3.8, 4) is 0 Å². The maximum absolute atomic E-state index is 12.3. The van der Waals surface area contributed by atoms with Crippen molar-refractivity contribution >= 4 is 6.09 Å². The molecule has 0 saturated heterocycles. The number of alkyl carbamates (subject to hydrolysis) is 1. The first kappa shape index (κ1) is 20.0. The fourth-order valence-electron chi connectivity index (χ4n) is 2.34. The van der Waals surface area contributed by atoms with Gasteiger partial charge in [-0.2, -0.15) is 0 Å². The monoisotopic (exact) mass is 359 g/mol. The second-order valence-electron chi connectivity index (χ2n) is 6.58. The Bertz CT molecular complexity index is 838. The number of hydrogen-bond donors (Lipinski definition) is 1. The van der Waals surface area contributed by atoms with E-state index in [1.807, 2.05) is 86.8 Å². The minimum absolute atomic E-state index is 0.179. The van der Waals surface area contributed by atoms with Crippen LogP contribution >= 0.6 is 0 Å². The molecule has 2 aliphatic carbocycles. The Labute approximate surface area is 161 Å². The lowest BCUT2D eigenvalue weighted by Gasteiger charge is -2.15. The van der Waals surface area contributed by atoms with E-state index in [9.17, 15) is 4.79 Å². The van der Waals surface area contributed by atoms with E-state index >= 15 is 0 Å². The number of carbonyl (C=O) groups excluding carboxylic acids is 1. The van der Waals surface area contributed by atoms with E-state index < -0.39 is 6.09 Å². The summed E-state index contributed by atoms with van der Waals surface area (Å²) in [4.78, 5) is 12.3. The zero-order chi connectivity index (χ0) is 19.5. The lowest BCUT2D eigenvalue weighted by Crippen LogP contribution is -2.22. The van der Waals surface area contributed by atoms with E-state index in [0.29, 0.717) is 11.5 Å². The number of allylic oxidation sites excluding steroid dienone is 17. The summed E-state index contributed by atoms with van der Waals surface area (Å²) in [6.07, 6.45) is 29.6. The van der Waals surface area contributed by atoms with E-state index in [2.05, 4.69) is 11.9 Å². The predicted molar refractivity (Wildman–Crippen MR) is 113 cm³/mol. The van der Waals surface area contributed by atoms with Crippen molar-refractivity contribution in [2.75, 3.05) is 0 Å². The van der Waals surface area contributed by atoms with Crippen molar-refractivity contribution in [2.24, 2.45) is 5.41 Å². The van der Waals surface area contributed by atoms with Gasteiger partial charge in [0.15, 0.2) is 0 Å². The van der Waals surface area contributed by atoms with Crippen LogP contribution in [0.5, 0.6) is 0 Å². The van der Waals surface area contributed by atoms with Gasteiger partial charge in [0.1, 0.15) is 5.76 Å². The van der Waals surface area contributed by atoms with Crippen molar-refractivity contribution in [3.05, 3.63) is 121 Å². The Hall–Kier alpha value is -3.33. The van der Waals surface area contributed by atoms with E-state index in [1.165, 1.54) is 0 Å².